The maximum Gasteiger partial charge on any atom is 0.416 e. The molecule has 1 fully saturated rings. The highest BCUT2D eigenvalue weighted by Gasteiger charge is 2.45. The van der Waals surface area contributed by atoms with Gasteiger partial charge in [0.05, 0.1) is 22.8 Å². The highest BCUT2D eigenvalue weighted by atomic mass is 127. The number of nitrogens with zero attached hydrogens (tertiary/aromatic N) is 2. The Morgan fingerprint density at radius 2 is 1.96 bits per heavy atom. The number of alkyl halides is 3. The Hall–Kier alpha value is -1.36. The van der Waals surface area contributed by atoms with Crippen molar-refractivity contribution in [2.45, 2.75) is 44.8 Å². The molecule has 1 aliphatic carbocycles. The fraction of sp³-hybridized carbons (Fsp3) is 0.474. The van der Waals surface area contributed by atoms with E-state index in [1.165, 1.54) is 12.1 Å². The summed E-state index contributed by atoms with van der Waals surface area (Å²) in [5, 5.41) is 7.55. The van der Waals surface area contributed by atoms with Crippen LogP contribution < -0.4 is 10.6 Å². The zero-order valence-electron chi connectivity index (χ0n) is 16.0. The van der Waals surface area contributed by atoms with Gasteiger partial charge in [-0.1, -0.05) is 18.2 Å². The summed E-state index contributed by atoms with van der Waals surface area (Å²) < 4.78 is 39.0. The van der Waals surface area contributed by atoms with Crippen LogP contribution in [0, 0.1) is 13.8 Å². The molecule has 9 heteroatoms. The summed E-state index contributed by atoms with van der Waals surface area (Å²) in [5.74, 6) is 0.638. The number of aryl methyl sites for hydroxylation is 2. The molecule has 0 radical (unpaired) electrons. The summed E-state index contributed by atoms with van der Waals surface area (Å²) in [4.78, 5) is 9.77. The Labute approximate surface area is 184 Å². The molecule has 28 heavy (non-hydrogen) atoms. The van der Waals surface area contributed by atoms with Gasteiger partial charge in [-0.3, -0.25) is 4.99 Å². The number of aromatic nitrogens is 1. The van der Waals surface area contributed by atoms with E-state index in [4.69, 9.17) is 0 Å². The minimum Gasteiger partial charge on any atom is -0.356 e. The average Bonchev–Trinajstić information content (AvgIpc) is 3.34. The van der Waals surface area contributed by atoms with Crippen LogP contribution in [0.1, 0.15) is 39.5 Å². The van der Waals surface area contributed by atoms with Gasteiger partial charge in [-0.05, 0) is 38.3 Å². The van der Waals surface area contributed by atoms with Gasteiger partial charge in [-0.2, -0.15) is 13.2 Å². The summed E-state index contributed by atoms with van der Waals surface area (Å²) in [6.07, 6.45) is -2.58. The van der Waals surface area contributed by atoms with Gasteiger partial charge in [0, 0.05) is 23.9 Å². The third kappa shape index (κ3) is 5.37. The van der Waals surface area contributed by atoms with Crippen LogP contribution in [0.3, 0.4) is 0 Å². The summed E-state index contributed by atoms with van der Waals surface area (Å²) in [5.41, 5.74) is 0.887. The van der Waals surface area contributed by atoms with Gasteiger partial charge in [0.1, 0.15) is 0 Å². The topological polar surface area (TPSA) is 49.3 Å². The summed E-state index contributed by atoms with van der Waals surface area (Å²) >= 11 is 1.64. The first-order chi connectivity index (χ1) is 12.7. The molecule has 0 bridgehead atoms. The molecule has 0 aliphatic heterocycles. The van der Waals surface area contributed by atoms with Gasteiger partial charge in [-0.25, -0.2) is 4.98 Å². The van der Waals surface area contributed by atoms with Gasteiger partial charge in [0.2, 0.25) is 0 Å². The van der Waals surface area contributed by atoms with Crippen LogP contribution in [-0.4, -0.2) is 24.5 Å². The number of nitrogens with one attached hydrogen (secondary N) is 2. The van der Waals surface area contributed by atoms with E-state index >= 15 is 0 Å². The van der Waals surface area contributed by atoms with E-state index in [9.17, 15) is 13.2 Å². The molecule has 1 heterocycles. The van der Waals surface area contributed by atoms with Gasteiger partial charge < -0.3 is 10.6 Å². The molecule has 1 saturated carbocycles. The Morgan fingerprint density at radius 3 is 2.50 bits per heavy atom. The maximum atomic E-state index is 13.0. The van der Waals surface area contributed by atoms with E-state index in [0.29, 0.717) is 19.0 Å². The molecule has 0 spiro atoms. The van der Waals surface area contributed by atoms with E-state index in [1.807, 2.05) is 13.8 Å². The lowest BCUT2D eigenvalue weighted by molar-refractivity contribution is -0.137. The molecule has 3 rings (SSSR count). The lowest BCUT2D eigenvalue weighted by Crippen LogP contribution is -2.40. The van der Waals surface area contributed by atoms with Crippen molar-refractivity contribution in [3.8, 4) is 0 Å². The first-order valence-corrected chi connectivity index (χ1v) is 9.60. The van der Waals surface area contributed by atoms with Crippen LogP contribution in [0.15, 0.2) is 29.3 Å². The van der Waals surface area contributed by atoms with Crippen molar-refractivity contribution in [1.29, 1.82) is 0 Å². The highest BCUT2D eigenvalue weighted by molar-refractivity contribution is 14.0. The van der Waals surface area contributed by atoms with Gasteiger partial charge in [0.25, 0.3) is 0 Å². The number of halogens is 4. The number of thiazole rings is 1. The lowest BCUT2D eigenvalue weighted by atomic mass is 9.94. The minimum absolute atomic E-state index is 0. The van der Waals surface area contributed by atoms with Crippen molar-refractivity contribution >= 4 is 41.3 Å². The highest BCUT2D eigenvalue weighted by Crippen LogP contribution is 2.48. The quantitative estimate of drug-likeness (QED) is 0.336. The summed E-state index contributed by atoms with van der Waals surface area (Å²) in [6, 6.07) is 5.66. The molecule has 2 N–H and O–H groups in total. The number of hydrogen-bond donors (Lipinski definition) is 2. The normalized spacial score (nSPS) is 15.7. The largest absolute Gasteiger partial charge is 0.416 e. The Kier molecular flexibility index (Phi) is 7.35. The fourth-order valence-corrected chi connectivity index (χ4v) is 4.00. The number of hydrogen-bond acceptors (Lipinski definition) is 3. The molecule has 0 saturated heterocycles. The molecule has 154 valence electrons. The summed E-state index contributed by atoms with van der Waals surface area (Å²) in [7, 11) is 1.68. The van der Waals surface area contributed by atoms with Crippen molar-refractivity contribution in [2.24, 2.45) is 4.99 Å². The standard InChI is InChI=1S/C19H23F3N4S.HI/c1-12-16(27-13(2)26-12)10-24-17(23-3)25-11-18(7-8-18)14-5-4-6-15(9-14)19(20,21)22;/h4-6,9H,7-8,10-11H2,1-3H3,(H2,23,24,25);1H. The first-order valence-electron chi connectivity index (χ1n) is 8.79. The maximum absolute atomic E-state index is 13.0. The number of aliphatic imine (C=N–C) groups is 1. The second-order valence-electron chi connectivity index (χ2n) is 6.88. The van der Waals surface area contributed by atoms with Gasteiger partial charge >= 0.3 is 6.18 Å². The first kappa shape index (κ1) is 22.9. The van der Waals surface area contributed by atoms with Crippen LogP contribution in [0.2, 0.25) is 0 Å². The van der Waals surface area contributed by atoms with Crippen LogP contribution in [0.25, 0.3) is 0 Å². The van der Waals surface area contributed by atoms with Crippen LogP contribution in [-0.2, 0) is 18.1 Å². The van der Waals surface area contributed by atoms with Crippen molar-refractivity contribution in [1.82, 2.24) is 15.6 Å². The molecule has 1 aromatic carbocycles. The molecule has 0 amide bonds. The van der Waals surface area contributed by atoms with Crippen molar-refractivity contribution in [3.63, 3.8) is 0 Å². The molecular formula is C19H24F3IN4S. The zero-order valence-corrected chi connectivity index (χ0v) is 19.1. The van der Waals surface area contributed by atoms with E-state index in [0.717, 1.165) is 40.1 Å². The van der Waals surface area contributed by atoms with E-state index < -0.39 is 11.7 Å². The zero-order chi connectivity index (χ0) is 19.7. The van der Waals surface area contributed by atoms with Crippen molar-refractivity contribution in [3.05, 3.63) is 51.0 Å². The Morgan fingerprint density at radius 1 is 1.25 bits per heavy atom. The van der Waals surface area contributed by atoms with E-state index in [2.05, 4.69) is 20.6 Å². The summed E-state index contributed by atoms with van der Waals surface area (Å²) in [6.45, 7) is 5.12. The lowest BCUT2D eigenvalue weighted by Gasteiger charge is -2.20. The monoisotopic (exact) mass is 524 g/mol. The predicted molar refractivity (Wildman–Crippen MR) is 118 cm³/mol. The molecule has 0 atom stereocenters. The van der Waals surface area contributed by atoms with Crippen LogP contribution in [0.4, 0.5) is 13.2 Å². The SMILES string of the molecule is CN=C(NCc1sc(C)nc1C)NCC1(c2cccc(C(F)(F)F)c2)CC1.I. The third-order valence-electron chi connectivity index (χ3n) is 4.89. The molecule has 4 nitrogen and oxygen atoms in total. The van der Waals surface area contributed by atoms with Gasteiger partial charge in [0.15, 0.2) is 5.96 Å². The number of guanidine groups is 1. The molecule has 2 aromatic rings. The third-order valence-corrected chi connectivity index (χ3v) is 5.96. The smallest absolute Gasteiger partial charge is 0.356 e. The van der Waals surface area contributed by atoms with Crippen molar-refractivity contribution in [2.75, 3.05) is 13.6 Å². The molecule has 1 aromatic heterocycles. The van der Waals surface area contributed by atoms with E-state index in [1.54, 1.807) is 24.5 Å². The van der Waals surface area contributed by atoms with Gasteiger partial charge in [-0.15, -0.1) is 35.3 Å². The Balaban J connectivity index is 0.00000280. The average molecular weight is 524 g/mol. The second kappa shape index (κ2) is 8.98. The van der Waals surface area contributed by atoms with E-state index in [-0.39, 0.29) is 29.4 Å². The molecular weight excluding hydrogens is 500 g/mol. The van der Waals surface area contributed by atoms with Crippen LogP contribution >= 0.6 is 35.3 Å². The second-order valence-corrected chi connectivity index (χ2v) is 8.17. The molecule has 0 unspecified atom stereocenters. The van der Waals surface area contributed by atoms with Crippen LogP contribution in [0.5, 0.6) is 0 Å². The predicted octanol–water partition coefficient (Wildman–Crippen LogP) is 4.79. The number of rotatable bonds is 5. The molecule has 1 aliphatic rings. The van der Waals surface area contributed by atoms with Crippen molar-refractivity contribution < 1.29 is 13.2 Å². The number of benzene rings is 1. The minimum atomic E-state index is -4.32. The fourth-order valence-electron chi connectivity index (χ4n) is 3.12. The Bertz CT molecular complexity index is 844.